The van der Waals surface area contributed by atoms with E-state index in [0.29, 0.717) is 34.3 Å². The molecule has 2 aromatic carbocycles. The molecule has 1 N–H and O–H groups in total. The van der Waals surface area contributed by atoms with Gasteiger partial charge in [-0.1, -0.05) is 0 Å². The van der Waals surface area contributed by atoms with Crippen LogP contribution in [0.2, 0.25) is 0 Å². The Bertz CT molecular complexity index is 862. The summed E-state index contributed by atoms with van der Waals surface area (Å²) in [6.07, 6.45) is 0.000281. The van der Waals surface area contributed by atoms with Crippen LogP contribution in [0.4, 0.5) is 0 Å². The monoisotopic (exact) mass is 386 g/mol. The number of hydrogen-bond acceptors (Lipinski definition) is 6. The van der Waals surface area contributed by atoms with E-state index in [2.05, 4.69) is 10.5 Å². The summed E-state index contributed by atoms with van der Waals surface area (Å²) in [6.45, 7) is 5.63. The zero-order chi connectivity index (χ0) is 20.7. The van der Waals surface area contributed by atoms with Gasteiger partial charge in [0.2, 0.25) is 0 Å². The van der Waals surface area contributed by atoms with E-state index in [1.807, 2.05) is 19.9 Å². The maximum Gasteiger partial charge on any atom is 0.271 e. The Kier molecular flexibility index (Phi) is 7.26. The number of carbonyl (C=O) groups excluding carboxylic acids is 1. The Morgan fingerprint density at radius 1 is 0.929 bits per heavy atom. The van der Waals surface area contributed by atoms with Gasteiger partial charge in [-0.05, 0) is 51.1 Å². The van der Waals surface area contributed by atoms with Gasteiger partial charge < -0.3 is 18.9 Å². The molecule has 7 heteroatoms. The van der Waals surface area contributed by atoms with Crippen molar-refractivity contribution in [2.75, 3.05) is 21.3 Å². The van der Waals surface area contributed by atoms with Gasteiger partial charge in [0.15, 0.2) is 11.5 Å². The molecule has 0 saturated carbocycles. The van der Waals surface area contributed by atoms with E-state index in [0.717, 1.165) is 5.56 Å². The Labute approximate surface area is 165 Å². The molecule has 0 heterocycles. The van der Waals surface area contributed by atoms with E-state index in [1.165, 1.54) is 7.11 Å². The second kappa shape index (κ2) is 9.64. The lowest BCUT2D eigenvalue weighted by Crippen LogP contribution is -2.19. The summed E-state index contributed by atoms with van der Waals surface area (Å²) in [6, 6.07) is 10.4. The number of nitrogens with zero attached hydrogens (tertiary/aromatic N) is 1. The van der Waals surface area contributed by atoms with Crippen molar-refractivity contribution in [1.29, 1.82) is 0 Å². The van der Waals surface area contributed by atoms with Crippen LogP contribution in [-0.4, -0.2) is 39.1 Å². The highest BCUT2D eigenvalue weighted by molar-refractivity contribution is 6.03. The summed E-state index contributed by atoms with van der Waals surface area (Å²) in [7, 11) is 4.68. The molecule has 2 aromatic rings. The second-order valence-electron chi connectivity index (χ2n) is 6.24. The fraction of sp³-hybridized carbons (Fsp3) is 0.333. The third kappa shape index (κ3) is 5.16. The topological polar surface area (TPSA) is 78.4 Å². The fourth-order valence-electron chi connectivity index (χ4n) is 2.52. The second-order valence-corrected chi connectivity index (χ2v) is 6.24. The fourth-order valence-corrected chi connectivity index (χ4v) is 2.52. The number of rotatable bonds is 8. The van der Waals surface area contributed by atoms with Crippen LogP contribution in [0, 0.1) is 0 Å². The van der Waals surface area contributed by atoms with Gasteiger partial charge in [-0.3, -0.25) is 4.79 Å². The van der Waals surface area contributed by atoms with Crippen LogP contribution in [0.3, 0.4) is 0 Å². The van der Waals surface area contributed by atoms with Crippen LogP contribution in [0.5, 0.6) is 23.0 Å². The molecule has 0 aliphatic rings. The van der Waals surface area contributed by atoms with E-state index in [9.17, 15) is 4.79 Å². The van der Waals surface area contributed by atoms with Crippen LogP contribution in [0.25, 0.3) is 0 Å². The van der Waals surface area contributed by atoms with Crippen LogP contribution in [0.15, 0.2) is 41.5 Å². The molecule has 1 amide bonds. The van der Waals surface area contributed by atoms with Crippen LogP contribution >= 0.6 is 0 Å². The van der Waals surface area contributed by atoms with E-state index >= 15 is 0 Å². The Morgan fingerprint density at radius 3 is 2.25 bits per heavy atom. The van der Waals surface area contributed by atoms with Crippen LogP contribution in [-0.2, 0) is 0 Å². The summed E-state index contributed by atoms with van der Waals surface area (Å²) in [5, 5.41) is 4.19. The van der Waals surface area contributed by atoms with Crippen molar-refractivity contribution >= 4 is 11.6 Å². The van der Waals surface area contributed by atoms with Crippen molar-refractivity contribution < 1.29 is 23.7 Å². The maximum absolute atomic E-state index is 12.5. The Balaban J connectivity index is 2.18. The summed E-state index contributed by atoms with van der Waals surface area (Å²) in [4.78, 5) is 12.5. The SMILES string of the molecule is COc1ccc(/C(C)=N\NC(=O)c2ccc(OC(C)C)c(OC)c2)c(OC)c1. The molecule has 0 atom stereocenters. The minimum absolute atomic E-state index is 0.000281. The molecule has 0 aliphatic heterocycles. The van der Waals surface area contributed by atoms with Crippen molar-refractivity contribution in [2.45, 2.75) is 26.9 Å². The number of nitrogens with one attached hydrogen (secondary N) is 1. The number of benzene rings is 2. The quantitative estimate of drug-likeness (QED) is 0.553. The Hall–Kier alpha value is -3.22. The molecule has 0 bridgehead atoms. The lowest BCUT2D eigenvalue weighted by molar-refractivity contribution is 0.0954. The molecule has 28 heavy (non-hydrogen) atoms. The van der Waals surface area contributed by atoms with Gasteiger partial charge in [0, 0.05) is 17.2 Å². The minimum atomic E-state index is -0.360. The molecule has 0 radical (unpaired) electrons. The summed E-state index contributed by atoms with van der Waals surface area (Å²) >= 11 is 0. The standard InChI is InChI=1S/C21H26N2O5/c1-13(2)28-18-10-7-15(11-20(18)27-6)21(24)23-22-14(3)17-9-8-16(25-4)12-19(17)26-5/h7-13H,1-6H3,(H,23,24)/b22-14-. The number of hydrogen-bond donors (Lipinski definition) is 1. The number of carbonyl (C=O) groups is 1. The lowest BCUT2D eigenvalue weighted by Gasteiger charge is -2.14. The number of amides is 1. The zero-order valence-corrected chi connectivity index (χ0v) is 17.0. The highest BCUT2D eigenvalue weighted by atomic mass is 16.5. The van der Waals surface area contributed by atoms with Gasteiger partial charge in [0.05, 0.1) is 33.1 Å². The predicted molar refractivity (Wildman–Crippen MR) is 108 cm³/mol. The first-order valence-corrected chi connectivity index (χ1v) is 8.81. The third-order valence-electron chi connectivity index (χ3n) is 3.91. The first kappa shape index (κ1) is 21.1. The van der Waals surface area contributed by atoms with Crippen molar-refractivity contribution in [3.05, 3.63) is 47.5 Å². The summed E-state index contributed by atoms with van der Waals surface area (Å²) in [5.41, 5.74) is 4.31. The van der Waals surface area contributed by atoms with Crippen molar-refractivity contribution in [3.8, 4) is 23.0 Å². The molecule has 2 rings (SSSR count). The van der Waals surface area contributed by atoms with E-state index in [1.54, 1.807) is 51.5 Å². The number of methoxy groups -OCH3 is 3. The molecular weight excluding hydrogens is 360 g/mol. The largest absolute Gasteiger partial charge is 0.497 e. The molecule has 0 unspecified atom stereocenters. The first-order valence-electron chi connectivity index (χ1n) is 8.81. The van der Waals surface area contributed by atoms with Gasteiger partial charge >= 0.3 is 0 Å². The molecule has 0 spiro atoms. The summed E-state index contributed by atoms with van der Waals surface area (Å²) < 4.78 is 21.5. The third-order valence-corrected chi connectivity index (χ3v) is 3.91. The molecule has 150 valence electrons. The molecule has 0 aliphatic carbocycles. The van der Waals surface area contributed by atoms with Crippen LogP contribution in [0.1, 0.15) is 36.7 Å². The summed E-state index contributed by atoms with van der Waals surface area (Å²) in [5.74, 6) is 1.98. The maximum atomic E-state index is 12.5. The first-order chi connectivity index (χ1) is 13.4. The van der Waals surface area contributed by atoms with Crippen LogP contribution < -0.4 is 24.4 Å². The number of hydrazone groups is 1. The van der Waals surface area contributed by atoms with Gasteiger partial charge in [0.25, 0.3) is 5.91 Å². The normalized spacial score (nSPS) is 11.2. The molecule has 7 nitrogen and oxygen atoms in total. The van der Waals surface area contributed by atoms with E-state index in [-0.39, 0.29) is 12.0 Å². The van der Waals surface area contributed by atoms with Gasteiger partial charge in [0.1, 0.15) is 11.5 Å². The molecule has 0 aromatic heterocycles. The van der Waals surface area contributed by atoms with Crippen molar-refractivity contribution in [1.82, 2.24) is 5.43 Å². The Morgan fingerprint density at radius 2 is 1.64 bits per heavy atom. The highest BCUT2D eigenvalue weighted by Gasteiger charge is 2.13. The minimum Gasteiger partial charge on any atom is -0.497 e. The number of ether oxygens (including phenoxy) is 4. The van der Waals surface area contributed by atoms with E-state index < -0.39 is 0 Å². The molecule has 0 saturated heterocycles. The molecular formula is C21H26N2O5. The predicted octanol–water partition coefficient (Wildman–Crippen LogP) is 3.65. The average Bonchev–Trinajstić information content (AvgIpc) is 2.70. The lowest BCUT2D eigenvalue weighted by atomic mass is 10.1. The average molecular weight is 386 g/mol. The van der Waals surface area contributed by atoms with Gasteiger partial charge in [-0.2, -0.15) is 5.10 Å². The van der Waals surface area contributed by atoms with Gasteiger partial charge in [-0.25, -0.2) is 5.43 Å². The van der Waals surface area contributed by atoms with Gasteiger partial charge in [-0.15, -0.1) is 0 Å². The van der Waals surface area contributed by atoms with Crippen molar-refractivity contribution in [3.63, 3.8) is 0 Å². The smallest absolute Gasteiger partial charge is 0.271 e. The molecule has 0 fully saturated rings. The van der Waals surface area contributed by atoms with Crippen molar-refractivity contribution in [2.24, 2.45) is 5.10 Å². The highest BCUT2D eigenvalue weighted by Crippen LogP contribution is 2.29. The zero-order valence-electron chi connectivity index (χ0n) is 17.0. The van der Waals surface area contributed by atoms with E-state index in [4.69, 9.17) is 18.9 Å².